The van der Waals surface area contributed by atoms with Crippen molar-refractivity contribution < 1.29 is 9.53 Å². The van der Waals surface area contributed by atoms with Gasteiger partial charge in [-0.05, 0) is 33.3 Å². The van der Waals surface area contributed by atoms with Crippen LogP contribution in [0.25, 0.3) is 0 Å². The number of ether oxygens (including phenoxy) is 1. The van der Waals surface area contributed by atoms with E-state index < -0.39 is 0 Å². The van der Waals surface area contributed by atoms with Gasteiger partial charge in [-0.1, -0.05) is 0 Å². The van der Waals surface area contributed by atoms with Gasteiger partial charge in [0.1, 0.15) is 18.2 Å². The molecule has 0 aliphatic heterocycles. The van der Waals surface area contributed by atoms with Gasteiger partial charge in [-0.2, -0.15) is 10.4 Å². The van der Waals surface area contributed by atoms with Crippen LogP contribution in [-0.4, -0.2) is 35.9 Å². The maximum Gasteiger partial charge on any atom is 0.325 e. The van der Waals surface area contributed by atoms with Gasteiger partial charge in [0.25, 0.3) is 0 Å². The molecule has 0 N–H and O–H groups in total. The number of carbonyl (C=O) groups is 1. The predicted molar refractivity (Wildman–Crippen MR) is 70.7 cm³/mol. The number of aromatic nitrogens is 2. The number of aryl methyl sites for hydroxylation is 1. The van der Waals surface area contributed by atoms with E-state index in [0.29, 0.717) is 17.1 Å². The molecule has 0 radical (unpaired) electrons. The molecule has 0 atom stereocenters. The van der Waals surface area contributed by atoms with Gasteiger partial charge in [0.2, 0.25) is 0 Å². The van der Waals surface area contributed by atoms with Crippen LogP contribution in [0.3, 0.4) is 0 Å². The summed E-state index contributed by atoms with van der Waals surface area (Å²) in [6.45, 7) is 7.50. The minimum Gasteiger partial charge on any atom is -0.468 e. The maximum absolute atomic E-state index is 11.5. The fraction of sp³-hybridized carbons (Fsp3) is 0.538. The number of esters is 1. The van der Waals surface area contributed by atoms with E-state index in [4.69, 9.17) is 0 Å². The molecule has 102 valence electrons. The molecule has 6 heteroatoms. The van der Waals surface area contributed by atoms with Crippen molar-refractivity contribution in [1.29, 1.82) is 5.26 Å². The molecule has 0 saturated heterocycles. The topological polar surface area (TPSA) is 79.1 Å². The Morgan fingerprint density at radius 2 is 2.05 bits per heavy atom. The molecule has 1 aromatic heterocycles. The Morgan fingerprint density at radius 1 is 1.42 bits per heavy atom. The third-order valence-electron chi connectivity index (χ3n) is 2.97. The number of hydrogen-bond donors (Lipinski definition) is 0. The molecule has 0 aliphatic rings. The second-order valence-corrected chi connectivity index (χ2v) is 4.52. The highest BCUT2D eigenvalue weighted by Crippen LogP contribution is 2.22. The first-order valence-electron chi connectivity index (χ1n) is 5.99. The van der Waals surface area contributed by atoms with Crippen molar-refractivity contribution in [2.24, 2.45) is 0 Å². The fourth-order valence-corrected chi connectivity index (χ4v) is 1.64. The van der Waals surface area contributed by atoms with E-state index >= 15 is 0 Å². The first-order valence-corrected chi connectivity index (χ1v) is 5.99. The van der Waals surface area contributed by atoms with Crippen LogP contribution in [0.1, 0.15) is 30.7 Å². The number of nitriles is 1. The van der Waals surface area contributed by atoms with E-state index in [1.165, 1.54) is 7.11 Å². The van der Waals surface area contributed by atoms with Crippen molar-refractivity contribution in [3.8, 4) is 6.07 Å². The number of anilines is 1. The van der Waals surface area contributed by atoms with Gasteiger partial charge in [-0.3, -0.25) is 4.79 Å². The van der Waals surface area contributed by atoms with E-state index in [9.17, 15) is 10.1 Å². The molecule has 0 aromatic carbocycles. The van der Waals surface area contributed by atoms with Gasteiger partial charge in [0, 0.05) is 6.04 Å². The van der Waals surface area contributed by atoms with Crippen LogP contribution in [-0.2, 0) is 9.53 Å². The lowest BCUT2D eigenvalue weighted by Crippen LogP contribution is -2.37. The Labute approximate surface area is 113 Å². The van der Waals surface area contributed by atoms with Gasteiger partial charge >= 0.3 is 5.97 Å². The third-order valence-corrected chi connectivity index (χ3v) is 2.97. The normalized spacial score (nSPS) is 10.2. The molecule has 1 heterocycles. The van der Waals surface area contributed by atoms with Crippen molar-refractivity contribution in [2.45, 2.75) is 33.7 Å². The molecule has 0 fully saturated rings. The fourth-order valence-electron chi connectivity index (χ4n) is 1.64. The van der Waals surface area contributed by atoms with Crippen molar-refractivity contribution in [3.05, 3.63) is 16.8 Å². The zero-order valence-corrected chi connectivity index (χ0v) is 11.9. The second-order valence-electron chi connectivity index (χ2n) is 4.52. The predicted octanol–water partition coefficient (Wildman–Crippen LogP) is 1.35. The summed E-state index contributed by atoms with van der Waals surface area (Å²) in [7, 11) is 1.33. The summed E-state index contributed by atoms with van der Waals surface area (Å²) in [6.07, 6.45) is 0. The van der Waals surface area contributed by atoms with E-state index in [1.54, 1.807) is 11.8 Å². The molecule has 0 unspecified atom stereocenters. The largest absolute Gasteiger partial charge is 0.468 e. The summed E-state index contributed by atoms with van der Waals surface area (Å²) in [5, 5.41) is 17.4. The Balaban J connectivity index is 3.28. The van der Waals surface area contributed by atoms with Crippen molar-refractivity contribution >= 4 is 11.8 Å². The van der Waals surface area contributed by atoms with Gasteiger partial charge in [0.15, 0.2) is 5.82 Å². The van der Waals surface area contributed by atoms with E-state index in [0.717, 1.165) is 5.56 Å². The number of rotatable bonds is 4. The highest BCUT2D eigenvalue weighted by atomic mass is 16.5. The third kappa shape index (κ3) is 3.19. The monoisotopic (exact) mass is 262 g/mol. The Kier molecular flexibility index (Phi) is 4.81. The minimum absolute atomic E-state index is 0.00241. The van der Waals surface area contributed by atoms with Crippen molar-refractivity contribution in [3.63, 3.8) is 0 Å². The molecule has 6 nitrogen and oxygen atoms in total. The molecule has 0 saturated carbocycles. The van der Waals surface area contributed by atoms with Gasteiger partial charge in [-0.25, -0.2) is 0 Å². The van der Waals surface area contributed by atoms with Crippen LogP contribution in [0, 0.1) is 25.2 Å². The first-order chi connectivity index (χ1) is 8.92. The van der Waals surface area contributed by atoms with Crippen LogP contribution in [0.5, 0.6) is 0 Å². The maximum atomic E-state index is 11.5. The average molecular weight is 262 g/mol. The molecule has 1 rings (SSSR count). The van der Waals surface area contributed by atoms with Crippen molar-refractivity contribution in [1.82, 2.24) is 10.2 Å². The number of hydrogen-bond acceptors (Lipinski definition) is 6. The van der Waals surface area contributed by atoms with E-state index in [1.807, 2.05) is 20.8 Å². The molecule has 1 aromatic rings. The molecular weight excluding hydrogens is 244 g/mol. The van der Waals surface area contributed by atoms with Crippen LogP contribution < -0.4 is 4.90 Å². The molecular formula is C13H18N4O2. The zero-order chi connectivity index (χ0) is 14.6. The lowest BCUT2D eigenvalue weighted by molar-refractivity contribution is -0.139. The molecule has 0 spiro atoms. The quantitative estimate of drug-likeness (QED) is 0.762. The lowest BCUT2D eigenvalue weighted by Gasteiger charge is -2.27. The molecule has 0 aliphatic carbocycles. The Morgan fingerprint density at radius 3 is 2.53 bits per heavy atom. The Bertz CT molecular complexity index is 520. The molecule has 19 heavy (non-hydrogen) atoms. The number of nitrogens with zero attached hydrogens (tertiary/aromatic N) is 4. The summed E-state index contributed by atoms with van der Waals surface area (Å²) < 4.78 is 4.67. The van der Waals surface area contributed by atoms with Gasteiger partial charge in [-0.15, -0.1) is 5.10 Å². The summed E-state index contributed by atoms with van der Waals surface area (Å²) in [6, 6.07) is 2.14. The lowest BCUT2D eigenvalue weighted by atomic mass is 10.1. The van der Waals surface area contributed by atoms with Crippen LogP contribution in [0.15, 0.2) is 0 Å². The van der Waals surface area contributed by atoms with E-state index in [-0.39, 0.29) is 18.6 Å². The van der Waals surface area contributed by atoms with Crippen molar-refractivity contribution in [2.75, 3.05) is 18.6 Å². The van der Waals surface area contributed by atoms with E-state index in [2.05, 4.69) is 21.0 Å². The number of carbonyl (C=O) groups excluding carboxylic acids is 1. The van der Waals surface area contributed by atoms with Crippen LogP contribution in [0.2, 0.25) is 0 Å². The van der Waals surface area contributed by atoms with Crippen LogP contribution in [0.4, 0.5) is 5.82 Å². The highest BCUT2D eigenvalue weighted by molar-refractivity contribution is 5.76. The standard InChI is InChI=1S/C13H18N4O2/c1-8(2)17(7-12(18)19-5)13-11(6-14)9(3)10(4)15-16-13/h8H,7H2,1-5H3. The van der Waals surface area contributed by atoms with Gasteiger partial charge in [0.05, 0.1) is 12.8 Å². The zero-order valence-electron chi connectivity index (χ0n) is 11.9. The number of methoxy groups -OCH3 is 1. The molecule has 0 amide bonds. The average Bonchev–Trinajstić information content (AvgIpc) is 2.38. The Hall–Kier alpha value is -2.16. The summed E-state index contributed by atoms with van der Waals surface area (Å²) in [5.41, 5.74) is 1.94. The van der Waals surface area contributed by atoms with Gasteiger partial charge < -0.3 is 9.64 Å². The summed E-state index contributed by atoms with van der Waals surface area (Å²) >= 11 is 0. The SMILES string of the molecule is COC(=O)CN(c1nnc(C)c(C)c1C#N)C(C)C. The minimum atomic E-state index is -0.377. The molecule has 0 bridgehead atoms. The smallest absolute Gasteiger partial charge is 0.325 e. The van der Waals surface area contributed by atoms with Crippen LogP contribution >= 0.6 is 0 Å². The first kappa shape index (κ1) is 14.9. The highest BCUT2D eigenvalue weighted by Gasteiger charge is 2.22. The second kappa shape index (κ2) is 6.14. The summed E-state index contributed by atoms with van der Waals surface area (Å²) in [5.74, 6) is 0.0450. The summed E-state index contributed by atoms with van der Waals surface area (Å²) in [4.78, 5) is 13.2.